The van der Waals surface area contributed by atoms with Gasteiger partial charge in [-0.25, -0.2) is 0 Å². The highest BCUT2D eigenvalue weighted by Crippen LogP contribution is 2.30. The van der Waals surface area contributed by atoms with Gasteiger partial charge in [0.1, 0.15) is 11.5 Å². The molecular weight excluding hydrogens is 590 g/mol. The summed E-state index contributed by atoms with van der Waals surface area (Å²) in [5, 5.41) is 13.0. The molecule has 7 heteroatoms. The lowest BCUT2D eigenvalue weighted by Gasteiger charge is -2.24. The Hall–Kier alpha value is -5.50. The van der Waals surface area contributed by atoms with E-state index in [2.05, 4.69) is 29.0 Å². The fourth-order valence-electron chi connectivity index (χ4n) is 4.86. The molecule has 0 aliphatic carbocycles. The minimum Gasteiger partial charge on any atom is -0.497 e. The highest BCUT2D eigenvalue weighted by molar-refractivity contribution is 5.84. The predicted molar refractivity (Wildman–Crippen MR) is 182 cm³/mol. The Kier molecular flexibility index (Phi) is 12.2. The molecule has 240 valence electrons. The molecule has 0 saturated heterocycles. The number of esters is 1. The van der Waals surface area contributed by atoms with E-state index in [9.17, 15) is 14.7 Å². The van der Waals surface area contributed by atoms with Crippen LogP contribution in [-0.4, -0.2) is 43.9 Å². The number of ether oxygens (including phenoxy) is 3. The van der Waals surface area contributed by atoms with Crippen LogP contribution in [0.1, 0.15) is 60.1 Å². The van der Waals surface area contributed by atoms with E-state index in [0.29, 0.717) is 29.0 Å². The van der Waals surface area contributed by atoms with Crippen LogP contribution in [0.15, 0.2) is 91.0 Å². The number of carbonyl (C=O) groups excluding carboxylic acids is 2. The number of aliphatic hydroxyl groups is 1. The van der Waals surface area contributed by atoms with Crippen LogP contribution in [0.3, 0.4) is 0 Å². The molecule has 4 aromatic rings. The second kappa shape index (κ2) is 16.7. The van der Waals surface area contributed by atoms with Crippen LogP contribution >= 0.6 is 0 Å². The molecule has 0 fully saturated rings. The molecule has 0 aliphatic rings. The van der Waals surface area contributed by atoms with Crippen molar-refractivity contribution in [3.63, 3.8) is 0 Å². The van der Waals surface area contributed by atoms with Crippen molar-refractivity contribution in [3.8, 4) is 40.9 Å². The Morgan fingerprint density at radius 2 is 1.28 bits per heavy atom. The van der Waals surface area contributed by atoms with Gasteiger partial charge in [-0.2, -0.15) is 0 Å². The largest absolute Gasteiger partial charge is 0.497 e. The smallest absolute Gasteiger partial charge is 0.308 e. The van der Waals surface area contributed by atoms with Gasteiger partial charge >= 0.3 is 5.97 Å². The van der Waals surface area contributed by atoms with Gasteiger partial charge in [-0.1, -0.05) is 67.9 Å². The highest BCUT2D eigenvalue weighted by Gasteiger charge is 2.26. The molecule has 0 radical (unpaired) electrons. The molecular formula is C40H39NO6. The lowest BCUT2D eigenvalue weighted by molar-refractivity contribution is -0.132. The van der Waals surface area contributed by atoms with Crippen molar-refractivity contribution in [3.05, 3.63) is 124 Å². The van der Waals surface area contributed by atoms with Gasteiger partial charge in [0, 0.05) is 18.1 Å². The lowest BCUT2D eigenvalue weighted by atomic mass is 9.89. The molecule has 0 aliphatic heterocycles. The summed E-state index contributed by atoms with van der Waals surface area (Å²) in [5.74, 6) is 13.1. The third-order valence-electron chi connectivity index (χ3n) is 7.54. The van der Waals surface area contributed by atoms with Gasteiger partial charge in [0.15, 0.2) is 5.75 Å². The molecule has 0 saturated carbocycles. The number of rotatable bonds is 10. The number of amides is 1. The van der Waals surface area contributed by atoms with Crippen LogP contribution in [0, 0.1) is 29.6 Å². The maximum Gasteiger partial charge on any atom is 0.308 e. The normalized spacial score (nSPS) is 11.6. The summed E-state index contributed by atoms with van der Waals surface area (Å²) in [6.45, 7) is 5.07. The number of nitrogens with one attached hydrogen (secondary N) is 1. The maximum atomic E-state index is 13.8. The first-order chi connectivity index (χ1) is 22.7. The van der Waals surface area contributed by atoms with E-state index in [4.69, 9.17) is 14.2 Å². The summed E-state index contributed by atoms with van der Waals surface area (Å²) in [5.41, 5.74) is 3.98. The predicted octanol–water partition coefficient (Wildman–Crippen LogP) is 5.89. The Balaban J connectivity index is 1.85. The number of hydrogen-bond donors (Lipinski definition) is 2. The summed E-state index contributed by atoms with van der Waals surface area (Å²) >= 11 is 0. The molecule has 2 atom stereocenters. The van der Waals surface area contributed by atoms with E-state index in [1.54, 1.807) is 14.2 Å². The molecule has 0 spiro atoms. The molecule has 1 unspecified atom stereocenters. The average Bonchev–Trinajstić information content (AvgIpc) is 3.09. The number of aliphatic hydroxyl groups excluding tert-OH is 1. The van der Waals surface area contributed by atoms with Crippen LogP contribution in [0.2, 0.25) is 0 Å². The summed E-state index contributed by atoms with van der Waals surface area (Å²) in [4.78, 5) is 26.1. The maximum absolute atomic E-state index is 13.8. The Labute approximate surface area is 276 Å². The van der Waals surface area contributed by atoms with Crippen molar-refractivity contribution in [2.45, 2.75) is 39.2 Å². The van der Waals surface area contributed by atoms with Gasteiger partial charge in [0.2, 0.25) is 5.91 Å². The van der Waals surface area contributed by atoms with Gasteiger partial charge in [-0.15, -0.1) is 0 Å². The zero-order valence-corrected chi connectivity index (χ0v) is 27.3. The van der Waals surface area contributed by atoms with Crippen LogP contribution in [-0.2, 0) is 16.0 Å². The monoisotopic (exact) mass is 629 g/mol. The second-order valence-electron chi connectivity index (χ2n) is 11.3. The number of benzene rings is 4. The van der Waals surface area contributed by atoms with E-state index in [-0.39, 0.29) is 24.2 Å². The van der Waals surface area contributed by atoms with Crippen molar-refractivity contribution >= 4 is 11.9 Å². The fourth-order valence-corrected chi connectivity index (χ4v) is 4.86. The first-order valence-electron chi connectivity index (χ1n) is 15.3. The minimum atomic E-state index is -0.576. The van der Waals surface area contributed by atoms with E-state index in [1.807, 2.05) is 105 Å². The van der Waals surface area contributed by atoms with Crippen molar-refractivity contribution in [2.75, 3.05) is 20.8 Å². The Morgan fingerprint density at radius 3 is 1.70 bits per heavy atom. The first kappa shape index (κ1) is 34.4. The lowest BCUT2D eigenvalue weighted by Crippen LogP contribution is -2.43. The molecule has 1 amide bonds. The van der Waals surface area contributed by atoms with Gasteiger partial charge < -0.3 is 24.6 Å². The van der Waals surface area contributed by atoms with Gasteiger partial charge in [0.25, 0.3) is 0 Å². The molecule has 0 bridgehead atoms. The third-order valence-corrected chi connectivity index (χ3v) is 7.54. The van der Waals surface area contributed by atoms with Crippen LogP contribution in [0.5, 0.6) is 17.2 Å². The van der Waals surface area contributed by atoms with Crippen molar-refractivity contribution in [1.29, 1.82) is 0 Å². The van der Waals surface area contributed by atoms with Crippen molar-refractivity contribution < 1.29 is 28.9 Å². The van der Waals surface area contributed by atoms with E-state index in [1.165, 1.54) is 6.92 Å². The van der Waals surface area contributed by atoms with Crippen LogP contribution < -0.4 is 19.5 Å². The summed E-state index contributed by atoms with van der Waals surface area (Å²) < 4.78 is 16.3. The van der Waals surface area contributed by atoms with E-state index in [0.717, 1.165) is 22.3 Å². The molecule has 47 heavy (non-hydrogen) atoms. The van der Waals surface area contributed by atoms with Crippen LogP contribution in [0.4, 0.5) is 0 Å². The average molecular weight is 630 g/mol. The van der Waals surface area contributed by atoms with E-state index < -0.39 is 17.9 Å². The van der Waals surface area contributed by atoms with Gasteiger partial charge in [-0.05, 0) is 84.1 Å². The molecule has 0 aromatic heterocycles. The minimum absolute atomic E-state index is 0.0445. The molecule has 2 N–H and O–H groups in total. The third kappa shape index (κ3) is 9.74. The Morgan fingerprint density at radius 1 is 0.766 bits per heavy atom. The standard InChI is InChI=1S/C40H39NO6/c1-27(2)38(26-42)41-40(44)37(32-9-7-6-8-10-32)25-31-23-33(17-11-29-13-19-35(45-4)20-14-29)39(47-28(3)43)34(24-31)18-12-30-15-21-36(46-5)22-16-30/h6-10,13-16,19-24,27,37-38,42H,25-26H2,1-5H3,(H,41,44)/t37?,38-/m1/s1. The topological polar surface area (TPSA) is 94.1 Å². The molecule has 4 rings (SSSR count). The van der Waals surface area contributed by atoms with E-state index >= 15 is 0 Å². The molecule has 0 heterocycles. The quantitative estimate of drug-likeness (QED) is 0.129. The highest BCUT2D eigenvalue weighted by atomic mass is 16.5. The Bertz CT molecular complexity index is 1700. The van der Waals surface area contributed by atoms with Crippen molar-refractivity contribution in [1.82, 2.24) is 5.32 Å². The first-order valence-corrected chi connectivity index (χ1v) is 15.3. The summed E-state index contributed by atoms with van der Waals surface area (Å²) in [7, 11) is 3.20. The van der Waals surface area contributed by atoms with Gasteiger partial charge in [0.05, 0.1) is 43.9 Å². The zero-order valence-electron chi connectivity index (χ0n) is 27.3. The zero-order chi connectivity index (χ0) is 33.8. The summed E-state index contributed by atoms with van der Waals surface area (Å²) in [6, 6.07) is 27.4. The fraction of sp³-hybridized carbons (Fsp3) is 0.250. The number of hydrogen-bond acceptors (Lipinski definition) is 6. The van der Waals surface area contributed by atoms with Crippen LogP contribution in [0.25, 0.3) is 0 Å². The molecule has 4 aromatic carbocycles. The van der Waals surface area contributed by atoms with Crippen molar-refractivity contribution in [2.24, 2.45) is 5.92 Å². The number of carbonyl (C=O) groups is 2. The SMILES string of the molecule is COc1ccc(C#Cc2cc(CC(C(=O)N[C@H](CO)C(C)C)c3ccccc3)cc(C#Cc3ccc(OC)cc3)c2OC(C)=O)cc1. The summed E-state index contributed by atoms with van der Waals surface area (Å²) in [6.07, 6.45) is 0.306. The second-order valence-corrected chi connectivity index (χ2v) is 11.3. The van der Waals surface area contributed by atoms with Gasteiger partial charge in [-0.3, -0.25) is 9.59 Å². The molecule has 7 nitrogen and oxygen atoms in total. The number of methoxy groups -OCH3 is 2.